The number of nitrogens with zero attached hydrogens (tertiary/aromatic N) is 1. The average molecular weight is 530 g/mol. The molecule has 5 N–H and O–H groups in total. The molecule has 0 bridgehead atoms. The topological polar surface area (TPSA) is 109 Å². The Labute approximate surface area is 219 Å². The van der Waals surface area contributed by atoms with Crippen LogP contribution in [-0.2, 0) is 9.84 Å². The van der Waals surface area contributed by atoms with Crippen LogP contribution in [-0.4, -0.2) is 38.8 Å². The second-order valence-corrected chi connectivity index (χ2v) is 11.7. The normalized spacial score (nSPS) is 16.4. The number of rotatable bonds is 12. The largest absolute Gasteiger partial charge is 0.385 e. The highest BCUT2D eigenvalue weighted by Gasteiger charge is 2.23. The Balaban J connectivity index is 1.82. The van der Waals surface area contributed by atoms with Crippen molar-refractivity contribution in [2.24, 2.45) is 10.7 Å². The minimum atomic E-state index is -2.98. The molecule has 36 heavy (non-hydrogen) atoms. The molecule has 9 heteroatoms. The molecular formula is C27H36ClN5O2S. The number of hydrogen-bond donors (Lipinski definition) is 4. The van der Waals surface area contributed by atoms with E-state index >= 15 is 0 Å². The molecule has 2 aromatic rings. The highest BCUT2D eigenvalue weighted by molar-refractivity contribution is 7.90. The molecule has 194 valence electrons. The fraction of sp³-hybridized carbons (Fsp3) is 0.370. The Morgan fingerprint density at radius 1 is 1.19 bits per heavy atom. The Kier molecular flexibility index (Phi) is 9.98. The maximum Gasteiger partial charge on any atom is 0.148 e. The first-order valence-corrected chi connectivity index (χ1v) is 14.6. The van der Waals surface area contributed by atoms with Crippen LogP contribution in [0.15, 0.2) is 71.9 Å². The zero-order chi connectivity index (χ0) is 26.1. The number of unbranched alkanes of at least 4 members (excludes halogenated alkanes) is 1. The van der Waals surface area contributed by atoms with Crippen LogP contribution in [0.25, 0.3) is 5.70 Å². The van der Waals surface area contributed by atoms with Crippen molar-refractivity contribution >= 4 is 38.7 Å². The monoisotopic (exact) mass is 529 g/mol. The van der Waals surface area contributed by atoms with E-state index in [9.17, 15) is 8.42 Å². The predicted molar refractivity (Wildman–Crippen MR) is 152 cm³/mol. The fourth-order valence-corrected chi connectivity index (χ4v) is 4.92. The Morgan fingerprint density at radius 3 is 2.64 bits per heavy atom. The molecule has 1 aliphatic heterocycles. The van der Waals surface area contributed by atoms with Crippen LogP contribution in [0.4, 0.5) is 5.69 Å². The smallest absolute Gasteiger partial charge is 0.148 e. The molecule has 2 aromatic carbocycles. The molecule has 0 radical (unpaired) electrons. The molecule has 1 aliphatic rings. The van der Waals surface area contributed by atoms with Crippen molar-refractivity contribution < 1.29 is 8.42 Å². The van der Waals surface area contributed by atoms with Gasteiger partial charge in [0.25, 0.3) is 0 Å². The van der Waals surface area contributed by atoms with Gasteiger partial charge in [-0.25, -0.2) is 13.4 Å². The van der Waals surface area contributed by atoms with Crippen LogP contribution in [0.2, 0.25) is 5.02 Å². The van der Waals surface area contributed by atoms with Gasteiger partial charge in [-0.1, -0.05) is 67.9 Å². The molecule has 2 atom stereocenters. The number of halogens is 1. The summed E-state index contributed by atoms with van der Waals surface area (Å²) in [6.45, 7) is 7.25. The minimum Gasteiger partial charge on any atom is -0.385 e. The SMILES string of the molecule is C=C(NC1=NC(c2ccccc2Cl)NC(C(N)CCCCS(C)(=O)=O)=C1)c1ccccc1NCCC. The predicted octanol–water partition coefficient (Wildman–Crippen LogP) is 4.85. The van der Waals surface area contributed by atoms with Gasteiger partial charge in [0.2, 0.25) is 0 Å². The Morgan fingerprint density at radius 2 is 1.92 bits per heavy atom. The van der Waals surface area contributed by atoms with E-state index in [4.69, 9.17) is 22.3 Å². The van der Waals surface area contributed by atoms with E-state index in [-0.39, 0.29) is 11.8 Å². The van der Waals surface area contributed by atoms with Gasteiger partial charge >= 0.3 is 0 Å². The highest BCUT2D eigenvalue weighted by Crippen LogP contribution is 2.28. The van der Waals surface area contributed by atoms with Gasteiger partial charge in [0, 0.05) is 63.9 Å². The summed E-state index contributed by atoms with van der Waals surface area (Å²) in [5, 5.41) is 10.8. The zero-order valence-corrected chi connectivity index (χ0v) is 22.5. The van der Waals surface area contributed by atoms with Crippen molar-refractivity contribution in [3.05, 3.63) is 83.0 Å². The summed E-state index contributed by atoms with van der Waals surface area (Å²) in [6.07, 6.45) is 5.65. The molecule has 0 saturated heterocycles. The van der Waals surface area contributed by atoms with Crippen molar-refractivity contribution in [1.82, 2.24) is 10.6 Å². The van der Waals surface area contributed by atoms with E-state index in [2.05, 4.69) is 29.5 Å². The second-order valence-electron chi connectivity index (χ2n) is 8.99. The number of hydrogen-bond acceptors (Lipinski definition) is 7. The van der Waals surface area contributed by atoms with E-state index in [1.54, 1.807) is 0 Å². The minimum absolute atomic E-state index is 0.161. The molecule has 0 aliphatic carbocycles. The van der Waals surface area contributed by atoms with Crippen molar-refractivity contribution in [1.29, 1.82) is 0 Å². The molecule has 0 aromatic heterocycles. The highest BCUT2D eigenvalue weighted by atomic mass is 35.5. The number of nitrogens with two attached hydrogens (primary N) is 1. The van der Waals surface area contributed by atoms with E-state index in [1.807, 2.05) is 54.6 Å². The third-order valence-electron chi connectivity index (χ3n) is 5.84. The molecule has 7 nitrogen and oxygen atoms in total. The van der Waals surface area contributed by atoms with Crippen LogP contribution in [0.3, 0.4) is 0 Å². The van der Waals surface area contributed by atoms with Crippen molar-refractivity contribution in [3.8, 4) is 0 Å². The van der Waals surface area contributed by atoms with Gasteiger partial charge in [-0.15, -0.1) is 0 Å². The third-order valence-corrected chi connectivity index (χ3v) is 7.21. The molecule has 0 amide bonds. The fourth-order valence-electron chi connectivity index (χ4n) is 3.95. The van der Waals surface area contributed by atoms with E-state index in [0.717, 1.165) is 35.5 Å². The van der Waals surface area contributed by atoms with Gasteiger partial charge in [-0.3, -0.25) is 0 Å². The van der Waals surface area contributed by atoms with Crippen LogP contribution < -0.4 is 21.7 Å². The number of anilines is 1. The van der Waals surface area contributed by atoms with Crippen LogP contribution in [0.5, 0.6) is 0 Å². The van der Waals surface area contributed by atoms with Crippen molar-refractivity contribution in [2.75, 3.05) is 23.9 Å². The summed E-state index contributed by atoms with van der Waals surface area (Å²) in [5.41, 5.74) is 10.8. The van der Waals surface area contributed by atoms with Crippen LogP contribution in [0, 0.1) is 0 Å². The molecule has 0 spiro atoms. The van der Waals surface area contributed by atoms with Crippen molar-refractivity contribution in [2.45, 2.75) is 44.8 Å². The first-order valence-electron chi connectivity index (χ1n) is 12.2. The summed E-state index contributed by atoms with van der Waals surface area (Å²) in [4.78, 5) is 4.85. The lowest BCUT2D eigenvalue weighted by atomic mass is 10.0. The maximum absolute atomic E-state index is 11.4. The lowest BCUT2D eigenvalue weighted by Crippen LogP contribution is -2.38. The molecule has 2 unspecified atom stereocenters. The van der Waals surface area contributed by atoms with Gasteiger partial charge in [-0.05, 0) is 31.4 Å². The van der Waals surface area contributed by atoms with Gasteiger partial charge in [-0.2, -0.15) is 0 Å². The number of amidine groups is 1. The Bertz CT molecular complexity index is 1230. The number of nitrogens with one attached hydrogen (secondary N) is 3. The average Bonchev–Trinajstić information content (AvgIpc) is 2.85. The van der Waals surface area contributed by atoms with Gasteiger partial charge in [0.1, 0.15) is 21.8 Å². The van der Waals surface area contributed by atoms with Crippen LogP contribution >= 0.6 is 11.6 Å². The lowest BCUT2D eigenvalue weighted by Gasteiger charge is -2.28. The van der Waals surface area contributed by atoms with E-state index in [1.165, 1.54) is 6.26 Å². The Hall–Kier alpha value is -2.81. The van der Waals surface area contributed by atoms with Crippen LogP contribution in [0.1, 0.15) is 49.9 Å². The molecule has 1 heterocycles. The molecular weight excluding hydrogens is 494 g/mol. The summed E-state index contributed by atoms with van der Waals surface area (Å²) in [7, 11) is -2.98. The molecule has 0 fully saturated rings. The number of para-hydroxylation sites is 1. The summed E-state index contributed by atoms with van der Waals surface area (Å²) >= 11 is 6.49. The quantitative estimate of drug-likeness (QED) is 0.293. The standard InChI is InChI=1S/C27H36ClN5O2S/c1-4-16-30-24-15-8-6-11-20(24)19(2)31-26-18-25(23(29)14-9-10-17-36(3,34)35)32-27(33-26)21-12-5-7-13-22(21)28/h5-8,11-13,15,18,23,27,30,32H,2,4,9-10,14,16-17,29H2,1,3H3,(H,31,33). The first kappa shape index (κ1) is 27.8. The summed E-state index contributed by atoms with van der Waals surface area (Å²) < 4.78 is 22.9. The lowest BCUT2D eigenvalue weighted by molar-refractivity contribution is 0.534. The number of aliphatic imine (C=N–C) groups is 1. The molecule has 3 rings (SSSR count). The third kappa shape index (κ3) is 8.11. The van der Waals surface area contributed by atoms with Gasteiger partial charge < -0.3 is 21.7 Å². The maximum atomic E-state index is 11.4. The summed E-state index contributed by atoms with van der Waals surface area (Å²) in [5.74, 6) is 0.782. The van der Waals surface area contributed by atoms with Gasteiger partial charge in [0.15, 0.2) is 0 Å². The second kappa shape index (κ2) is 12.9. The number of sulfone groups is 1. The summed E-state index contributed by atoms with van der Waals surface area (Å²) in [6, 6.07) is 15.3. The van der Waals surface area contributed by atoms with Crippen molar-refractivity contribution in [3.63, 3.8) is 0 Å². The first-order chi connectivity index (χ1) is 17.2. The number of benzene rings is 2. The zero-order valence-electron chi connectivity index (χ0n) is 20.9. The van der Waals surface area contributed by atoms with Gasteiger partial charge in [0.05, 0.1) is 0 Å². The van der Waals surface area contributed by atoms with E-state index in [0.29, 0.717) is 35.8 Å². The van der Waals surface area contributed by atoms with E-state index < -0.39 is 16.0 Å². The molecule has 0 saturated carbocycles.